The first kappa shape index (κ1) is 14.8. The van der Waals surface area contributed by atoms with Crippen molar-refractivity contribution in [3.8, 4) is 9.75 Å². The van der Waals surface area contributed by atoms with Gasteiger partial charge in [0, 0.05) is 15.8 Å². The molecule has 0 nitrogen and oxygen atoms in total. The standard InChI is InChI=1S/C20H15S3/c1-3-8-16(9-4-1)23(17-10-5-2-6-11-17)20-14-13-19(22-20)18-12-7-15-21-18/h1-15H/q+1. The Morgan fingerprint density at radius 2 is 1.22 bits per heavy atom. The summed E-state index contributed by atoms with van der Waals surface area (Å²) in [6.45, 7) is 0. The average molecular weight is 352 g/mol. The van der Waals surface area contributed by atoms with Gasteiger partial charge in [0.2, 0.25) is 4.21 Å². The van der Waals surface area contributed by atoms with E-state index in [1.807, 2.05) is 11.3 Å². The first-order chi connectivity index (χ1) is 11.4. The van der Waals surface area contributed by atoms with Gasteiger partial charge in [-0.25, -0.2) is 0 Å². The lowest BCUT2D eigenvalue weighted by molar-refractivity contribution is 1.36. The van der Waals surface area contributed by atoms with Crippen LogP contribution in [0.5, 0.6) is 0 Å². The summed E-state index contributed by atoms with van der Waals surface area (Å²) >= 11 is 3.72. The Kier molecular flexibility index (Phi) is 4.33. The molecule has 0 spiro atoms. The van der Waals surface area contributed by atoms with E-state index >= 15 is 0 Å². The summed E-state index contributed by atoms with van der Waals surface area (Å²) in [6, 6.07) is 30.5. The predicted molar refractivity (Wildman–Crippen MR) is 103 cm³/mol. The van der Waals surface area contributed by atoms with E-state index in [1.165, 1.54) is 23.8 Å². The van der Waals surface area contributed by atoms with Gasteiger partial charge in [-0.15, -0.1) is 11.3 Å². The van der Waals surface area contributed by atoms with Crippen LogP contribution in [-0.4, -0.2) is 0 Å². The molecule has 0 atom stereocenters. The minimum atomic E-state index is -0.0323. The Bertz CT molecular complexity index is 822. The first-order valence-corrected chi connectivity index (χ1v) is 10.3. The molecule has 2 aromatic heterocycles. The molecule has 0 amide bonds. The quantitative estimate of drug-likeness (QED) is 0.365. The predicted octanol–water partition coefficient (Wildman–Crippen LogP) is 6.57. The molecule has 0 aliphatic carbocycles. The normalized spacial score (nSPS) is 11.0. The fraction of sp³-hybridized carbons (Fsp3) is 0. The van der Waals surface area contributed by atoms with Gasteiger partial charge in [-0.05, 0) is 41.8 Å². The highest BCUT2D eigenvalue weighted by molar-refractivity contribution is 7.99. The Morgan fingerprint density at radius 3 is 1.78 bits per heavy atom. The van der Waals surface area contributed by atoms with Crippen LogP contribution in [0.3, 0.4) is 0 Å². The van der Waals surface area contributed by atoms with Crippen molar-refractivity contribution in [2.24, 2.45) is 0 Å². The third-order valence-electron chi connectivity index (χ3n) is 3.50. The molecule has 2 heterocycles. The third kappa shape index (κ3) is 3.13. The van der Waals surface area contributed by atoms with Crippen molar-refractivity contribution in [3.05, 3.63) is 90.3 Å². The summed E-state index contributed by atoms with van der Waals surface area (Å²) in [4.78, 5) is 5.46. The lowest BCUT2D eigenvalue weighted by Crippen LogP contribution is -2.02. The van der Waals surface area contributed by atoms with Crippen LogP contribution >= 0.6 is 22.7 Å². The third-order valence-corrected chi connectivity index (χ3v) is 8.23. The second kappa shape index (κ2) is 6.75. The molecule has 2 aromatic carbocycles. The molecular formula is C20H15S3+. The van der Waals surface area contributed by atoms with E-state index in [0.29, 0.717) is 0 Å². The van der Waals surface area contributed by atoms with E-state index in [1.54, 1.807) is 11.3 Å². The number of benzene rings is 2. The van der Waals surface area contributed by atoms with E-state index in [4.69, 9.17) is 0 Å². The molecule has 3 heteroatoms. The zero-order chi connectivity index (χ0) is 15.5. The van der Waals surface area contributed by atoms with Crippen LogP contribution in [0.15, 0.2) is 104 Å². The lowest BCUT2D eigenvalue weighted by atomic mass is 10.4. The van der Waals surface area contributed by atoms with Crippen LogP contribution in [0.4, 0.5) is 0 Å². The van der Waals surface area contributed by atoms with Crippen molar-refractivity contribution in [2.75, 3.05) is 0 Å². The summed E-state index contributed by atoms with van der Waals surface area (Å²) in [5, 5.41) is 2.14. The molecule has 0 aliphatic rings. The van der Waals surface area contributed by atoms with Gasteiger partial charge < -0.3 is 0 Å². The molecule has 112 valence electrons. The van der Waals surface area contributed by atoms with E-state index in [-0.39, 0.29) is 10.9 Å². The van der Waals surface area contributed by atoms with E-state index in [2.05, 4.69) is 90.3 Å². The molecule has 0 saturated carbocycles. The molecule has 4 rings (SSSR count). The Balaban J connectivity index is 1.80. The van der Waals surface area contributed by atoms with E-state index in [0.717, 1.165) is 0 Å². The Labute approximate surface area is 147 Å². The molecule has 4 aromatic rings. The highest BCUT2D eigenvalue weighted by atomic mass is 32.2. The van der Waals surface area contributed by atoms with Crippen LogP contribution in [-0.2, 0) is 10.9 Å². The Morgan fingerprint density at radius 1 is 0.565 bits per heavy atom. The minimum absolute atomic E-state index is 0.0323. The maximum atomic E-state index is 2.29. The number of rotatable bonds is 4. The van der Waals surface area contributed by atoms with Crippen LogP contribution < -0.4 is 0 Å². The molecular weight excluding hydrogens is 336 g/mol. The Hall–Kier alpha value is -1.81. The van der Waals surface area contributed by atoms with Gasteiger partial charge in [-0.2, -0.15) is 0 Å². The second-order valence-corrected chi connectivity index (χ2v) is 9.31. The molecule has 0 saturated heterocycles. The van der Waals surface area contributed by atoms with Crippen molar-refractivity contribution in [3.63, 3.8) is 0 Å². The summed E-state index contributed by atoms with van der Waals surface area (Å²) in [5.74, 6) is 0. The summed E-state index contributed by atoms with van der Waals surface area (Å²) in [5.41, 5.74) is 0. The monoisotopic (exact) mass is 351 g/mol. The fourth-order valence-electron chi connectivity index (χ4n) is 2.46. The largest absolute Gasteiger partial charge is 0.220 e. The smallest absolute Gasteiger partial charge is 0.143 e. The zero-order valence-electron chi connectivity index (χ0n) is 12.4. The minimum Gasteiger partial charge on any atom is -0.143 e. The van der Waals surface area contributed by atoms with Gasteiger partial charge in [0.25, 0.3) is 0 Å². The van der Waals surface area contributed by atoms with Crippen molar-refractivity contribution >= 4 is 33.6 Å². The molecule has 0 aliphatic heterocycles. The van der Waals surface area contributed by atoms with Gasteiger partial charge in [-0.3, -0.25) is 0 Å². The van der Waals surface area contributed by atoms with Crippen molar-refractivity contribution in [1.29, 1.82) is 0 Å². The number of hydrogen-bond acceptors (Lipinski definition) is 2. The summed E-state index contributed by atoms with van der Waals surface area (Å²) in [7, 11) is -0.0323. The molecule has 23 heavy (non-hydrogen) atoms. The average Bonchev–Trinajstić information content (AvgIpc) is 3.29. The van der Waals surface area contributed by atoms with Crippen LogP contribution in [0, 0.1) is 0 Å². The molecule has 0 unspecified atom stereocenters. The fourth-order valence-corrected chi connectivity index (χ4v) is 7.01. The van der Waals surface area contributed by atoms with Crippen LogP contribution in [0.2, 0.25) is 0 Å². The summed E-state index contributed by atoms with van der Waals surface area (Å²) in [6.07, 6.45) is 0. The lowest BCUT2D eigenvalue weighted by Gasteiger charge is -2.05. The maximum absolute atomic E-state index is 2.29. The van der Waals surface area contributed by atoms with Gasteiger partial charge in [0.05, 0.1) is 0 Å². The molecule has 0 fully saturated rings. The molecule has 0 radical (unpaired) electrons. The van der Waals surface area contributed by atoms with Gasteiger partial charge in [0.15, 0.2) is 9.79 Å². The zero-order valence-corrected chi connectivity index (χ0v) is 14.8. The van der Waals surface area contributed by atoms with Crippen molar-refractivity contribution in [2.45, 2.75) is 14.0 Å². The van der Waals surface area contributed by atoms with E-state index in [9.17, 15) is 0 Å². The van der Waals surface area contributed by atoms with Crippen LogP contribution in [0.1, 0.15) is 0 Å². The number of hydrogen-bond donors (Lipinski definition) is 0. The molecule has 0 bridgehead atoms. The topological polar surface area (TPSA) is 0 Å². The van der Waals surface area contributed by atoms with Gasteiger partial charge in [-0.1, -0.05) is 53.8 Å². The summed E-state index contributed by atoms with van der Waals surface area (Å²) < 4.78 is 1.42. The van der Waals surface area contributed by atoms with Crippen LogP contribution in [0.25, 0.3) is 9.75 Å². The second-order valence-electron chi connectivity index (χ2n) is 5.03. The maximum Gasteiger partial charge on any atom is 0.220 e. The SMILES string of the molecule is c1ccc([S+](c2ccccc2)c2ccc(-c3cccs3)s2)cc1. The number of thiophene rings is 2. The van der Waals surface area contributed by atoms with Gasteiger partial charge >= 0.3 is 0 Å². The van der Waals surface area contributed by atoms with Gasteiger partial charge in [0.1, 0.15) is 10.9 Å². The van der Waals surface area contributed by atoms with E-state index < -0.39 is 0 Å². The molecule has 0 N–H and O–H groups in total. The van der Waals surface area contributed by atoms with Crippen molar-refractivity contribution in [1.82, 2.24) is 0 Å². The first-order valence-electron chi connectivity index (χ1n) is 7.40. The van der Waals surface area contributed by atoms with Crippen molar-refractivity contribution < 1.29 is 0 Å². The highest BCUT2D eigenvalue weighted by Crippen LogP contribution is 2.39. The highest BCUT2D eigenvalue weighted by Gasteiger charge is 2.30.